The van der Waals surface area contributed by atoms with E-state index in [2.05, 4.69) is 15.6 Å². The van der Waals surface area contributed by atoms with Gasteiger partial charge in [0, 0.05) is 10.6 Å². The van der Waals surface area contributed by atoms with Crippen molar-refractivity contribution >= 4 is 46.9 Å². The maximum absolute atomic E-state index is 12.1. The molecule has 132 valence electrons. The van der Waals surface area contributed by atoms with Crippen LogP contribution in [0.3, 0.4) is 0 Å². The van der Waals surface area contributed by atoms with E-state index in [1.54, 1.807) is 37.3 Å². The van der Waals surface area contributed by atoms with Gasteiger partial charge < -0.3 is 0 Å². The summed E-state index contributed by atoms with van der Waals surface area (Å²) in [5.41, 5.74) is 4.73. The molecule has 3 rings (SSSR count). The molecule has 0 bridgehead atoms. The third-order valence-corrected chi connectivity index (χ3v) is 4.49. The lowest BCUT2D eigenvalue weighted by atomic mass is 10.2. The number of halogens is 3. The molecule has 3 aromatic rings. The van der Waals surface area contributed by atoms with Crippen LogP contribution in [-0.4, -0.2) is 21.9 Å². The Kier molecular flexibility index (Phi) is 5.61. The first-order valence-corrected chi connectivity index (χ1v) is 8.69. The van der Waals surface area contributed by atoms with Crippen molar-refractivity contribution in [1.82, 2.24) is 15.2 Å². The number of hydrogen-bond acceptors (Lipinski definition) is 3. The number of carbonyl (C=O) groups excluding carboxylic acids is 1. The van der Waals surface area contributed by atoms with Crippen molar-refractivity contribution in [3.63, 3.8) is 0 Å². The fraction of sp³-hybridized carbons (Fsp3) is 0.0556. The normalized spacial score (nSPS) is 11.1. The zero-order valence-electron chi connectivity index (χ0n) is 13.6. The standard InChI is InChI=1S/C18H13Cl3N4O/c1-11-14(10-22-23-18(26)12-5-4-6-13(19)9-12)17(21)25(24-11)16-8-3-2-7-15(16)20/h2-10H,1H3,(H,23,26)/b22-10-. The quantitative estimate of drug-likeness (QED) is 0.494. The summed E-state index contributed by atoms with van der Waals surface area (Å²) in [6.45, 7) is 1.79. The molecule has 1 N–H and O–H groups in total. The fourth-order valence-electron chi connectivity index (χ4n) is 2.29. The van der Waals surface area contributed by atoms with Crippen LogP contribution in [0, 0.1) is 6.92 Å². The van der Waals surface area contributed by atoms with Crippen molar-refractivity contribution in [2.45, 2.75) is 6.92 Å². The van der Waals surface area contributed by atoms with E-state index < -0.39 is 0 Å². The lowest BCUT2D eigenvalue weighted by Crippen LogP contribution is -2.17. The van der Waals surface area contributed by atoms with Gasteiger partial charge in [0.15, 0.2) is 0 Å². The van der Waals surface area contributed by atoms with Gasteiger partial charge in [-0.2, -0.15) is 10.2 Å². The summed E-state index contributed by atoms with van der Waals surface area (Å²) in [5.74, 6) is -0.379. The Labute approximate surface area is 165 Å². The smallest absolute Gasteiger partial charge is 0.267 e. The Hall–Kier alpha value is -2.34. The second-order valence-electron chi connectivity index (χ2n) is 5.36. The van der Waals surface area contributed by atoms with Gasteiger partial charge in [-0.3, -0.25) is 4.79 Å². The van der Waals surface area contributed by atoms with Gasteiger partial charge in [0.1, 0.15) is 5.15 Å². The van der Waals surface area contributed by atoms with Crippen molar-refractivity contribution < 1.29 is 4.79 Å². The SMILES string of the molecule is Cc1nn(-c2ccccc2Cl)c(Cl)c1/C=N\NC(=O)c1cccc(Cl)c1. The molecule has 1 heterocycles. The van der Waals surface area contributed by atoms with Crippen molar-refractivity contribution in [1.29, 1.82) is 0 Å². The van der Waals surface area contributed by atoms with E-state index in [0.29, 0.717) is 37.7 Å². The summed E-state index contributed by atoms with van der Waals surface area (Å²) in [7, 11) is 0. The van der Waals surface area contributed by atoms with E-state index in [1.165, 1.54) is 10.9 Å². The van der Waals surface area contributed by atoms with E-state index >= 15 is 0 Å². The van der Waals surface area contributed by atoms with Crippen LogP contribution in [0.1, 0.15) is 21.6 Å². The highest BCUT2D eigenvalue weighted by atomic mass is 35.5. The largest absolute Gasteiger partial charge is 0.271 e. The zero-order chi connectivity index (χ0) is 18.7. The van der Waals surface area contributed by atoms with E-state index in [-0.39, 0.29) is 5.91 Å². The molecule has 0 aliphatic rings. The molecule has 1 aromatic heterocycles. The van der Waals surface area contributed by atoms with Crippen LogP contribution in [-0.2, 0) is 0 Å². The molecule has 0 fully saturated rings. The second kappa shape index (κ2) is 7.91. The fourth-order valence-corrected chi connectivity index (χ4v) is 3.01. The first kappa shape index (κ1) is 18.5. The van der Waals surface area contributed by atoms with Crippen molar-refractivity contribution in [3.05, 3.63) is 80.6 Å². The summed E-state index contributed by atoms with van der Waals surface area (Å²) in [5, 5.41) is 9.69. The Morgan fingerprint density at radius 1 is 1.15 bits per heavy atom. The van der Waals surface area contributed by atoms with Crippen LogP contribution in [0.5, 0.6) is 0 Å². The van der Waals surface area contributed by atoms with Crippen LogP contribution in [0.15, 0.2) is 53.6 Å². The molecule has 0 aliphatic heterocycles. The number of amides is 1. The molecule has 8 heteroatoms. The third-order valence-electron chi connectivity index (χ3n) is 3.58. The minimum Gasteiger partial charge on any atom is -0.267 e. The lowest BCUT2D eigenvalue weighted by Gasteiger charge is -2.05. The molecular weight excluding hydrogens is 395 g/mol. The molecule has 0 atom stereocenters. The van der Waals surface area contributed by atoms with Crippen LogP contribution in [0.4, 0.5) is 0 Å². The summed E-state index contributed by atoms with van der Waals surface area (Å²) in [4.78, 5) is 12.1. The molecule has 1 amide bonds. The number of hydrogen-bond donors (Lipinski definition) is 1. The monoisotopic (exact) mass is 406 g/mol. The van der Waals surface area contributed by atoms with Gasteiger partial charge in [0.05, 0.1) is 28.2 Å². The van der Waals surface area contributed by atoms with Gasteiger partial charge in [-0.1, -0.05) is 53.0 Å². The van der Waals surface area contributed by atoms with Gasteiger partial charge in [-0.05, 0) is 37.3 Å². The highest BCUT2D eigenvalue weighted by Crippen LogP contribution is 2.26. The second-order valence-corrected chi connectivity index (χ2v) is 6.56. The Morgan fingerprint density at radius 2 is 1.92 bits per heavy atom. The maximum atomic E-state index is 12.1. The topological polar surface area (TPSA) is 59.3 Å². The van der Waals surface area contributed by atoms with Crippen LogP contribution in [0.25, 0.3) is 5.69 Å². The molecule has 0 aliphatic carbocycles. The number of rotatable bonds is 4. The van der Waals surface area contributed by atoms with Crippen molar-refractivity contribution in [2.24, 2.45) is 5.10 Å². The van der Waals surface area contributed by atoms with Gasteiger partial charge >= 0.3 is 0 Å². The molecule has 0 saturated carbocycles. The lowest BCUT2D eigenvalue weighted by molar-refractivity contribution is 0.0955. The number of carbonyl (C=O) groups is 1. The minimum absolute atomic E-state index is 0.344. The predicted molar refractivity (Wildman–Crippen MR) is 105 cm³/mol. The average molecular weight is 408 g/mol. The molecule has 2 aromatic carbocycles. The summed E-state index contributed by atoms with van der Waals surface area (Å²) in [6, 6.07) is 13.8. The molecule has 0 spiro atoms. The summed E-state index contributed by atoms with van der Waals surface area (Å²) in [6.07, 6.45) is 1.44. The Balaban J connectivity index is 1.81. The van der Waals surface area contributed by atoms with E-state index in [1.807, 2.05) is 18.2 Å². The number of aryl methyl sites for hydroxylation is 1. The highest BCUT2D eigenvalue weighted by molar-refractivity contribution is 6.34. The summed E-state index contributed by atoms with van der Waals surface area (Å²) >= 11 is 18.5. The molecule has 0 unspecified atom stereocenters. The van der Waals surface area contributed by atoms with Gasteiger partial charge in [-0.15, -0.1) is 0 Å². The van der Waals surface area contributed by atoms with Crippen molar-refractivity contribution in [3.8, 4) is 5.69 Å². The third kappa shape index (κ3) is 3.90. The molecule has 0 radical (unpaired) electrons. The number of aromatic nitrogens is 2. The van der Waals surface area contributed by atoms with Crippen LogP contribution < -0.4 is 5.43 Å². The zero-order valence-corrected chi connectivity index (χ0v) is 15.8. The van der Waals surface area contributed by atoms with Gasteiger partial charge in [-0.25, -0.2) is 10.1 Å². The molecule has 26 heavy (non-hydrogen) atoms. The maximum Gasteiger partial charge on any atom is 0.271 e. The first-order valence-electron chi connectivity index (χ1n) is 7.56. The van der Waals surface area contributed by atoms with Gasteiger partial charge in [0.2, 0.25) is 0 Å². The highest BCUT2D eigenvalue weighted by Gasteiger charge is 2.15. The number of hydrazone groups is 1. The molecule has 0 saturated heterocycles. The van der Waals surface area contributed by atoms with Gasteiger partial charge in [0.25, 0.3) is 5.91 Å². The molecular formula is C18H13Cl3N4O. The number of para-hydroxylation sites is 1. The van der Waals surface area contributed by atoms with E-state index in [4.69, 9.17) is 34.8 Å². The molecule has 5 nitrogen and oxygen atoms in total. The first-order chi connectivity index (χ1) is 12.5. The number of nitrogens with one attached hydrogen (secondary N) is 1. The van der Waals surface area contributed by atoms with Crippen molar-refractivity contribution in [2.75, 3.05) is 0 Å². The number of benzene rings is 2. The Bertz CT molecular complexity index is 998. The van der Waals surface area contributed by atoms with E-state index in [0.717, 1.165) is 0 Å². The Morgan fingerprint density at radius 3 is 2.65 bits per heavy atom. The van der Waals surface area contributed by atoms with E-state index in [9.17, 15) is 4.79 Å². The average Bonchev–Trinajstić information content (AvgIpc) is 2.90. The summed E-state index contributed by atoms with van der Waals surface area (Å²) < 4.78 is 1.53. The predicted octanol–water partition coefficient (Wildman–Crippen LogP) is 4.90. The minimum atomic E-state index is -0.379. The number of nitrogens with zero attached hydrogens (tertiary/aromatic N) is 3. The van der Waals surface area contributed by atoms with Crippen LogP contribution in [0.2, 0.25) is 15.2 Å². The van der Waals surface area contributed by atoms with Crippen LogP contribution >= 0.6 is 34.8 Å².